The molecule has 0 atom stereocenters. The zero-order valence-corrected chi connectivity index (χ0v) is 19.6. The molecular weight excluding hydrogens is 436 g/mol. The van der Waals surface area contributed by atoms with Gasteiger partial charge in [0.1, 0.15) is 11.5 Å². The average Bonchev–Trinajstić information content (AvgIpc) is 3.48. The Morgan fingerprint density at radius 2 is 1.71 bits per heavy atom. The number of hydrogen-bond donors (Lipinski definition) is 0. The molecule has 0 saturated carbocycles. The number of carbonyl (C=O) groups excluding carboxylic acids is 1. The van der Waals surface area contributed by atoms with Gasteiger partial charge in [0, 0.05) is 47.7 Å². The lowest BCUT2D eigenvalue weighted by Crippen LogP contribution is -2.26. The van der Waals surface area contributed by atoms with Gasteiger partial charge in [0.25, 0.3) is 0 Å². The van der Waals surface area contributed by atoms with Crippen LogP contribution in [0.2, 0.25) is 0 Å². The Labute approximate surface area is 203 Å². The maximum Gasteiger partial charge on any atom is 0.233 e. The third kappa shape index (κ3) is 3.75. The summed E-state index contributed by atoms with van der Waals surface area (Å²) in [7, 11) is 0. The number of hydrogen-bond acceptors (Lipinski definition) is 5. The van der Waals surface area contributed by atoms with Gasteiger partial charge in [-0.3, -0.25) is 14.7 Å². The molecule has 4 heterocycles. The molecule has 0 unspecified atom stereocenters. The van der Waals surface area contributed by atoms with Crippen LogP contribution in [0.5, 0.6) is 0 Å². The number of anilines is 1. The smallest absolute Gasteiger partial charge is 0.233 e. The number of imidazole rings is 1. The lowest BCUT2D eigenvalue weighted by molar-refractivity contribution is -0.117. The van der Waals surface area contributed by atoms with E-state index in [4.69, 9.17) is 4.98 Å². The topological polar surface area (TPSA) is 76.3 Å². The van der Waals surface area contributed by atoms with Gasteiger partial charge in [-0.05, 0) is 17.0 Å². The van der Waals surface area contributed by atoms with E-state index in [1.165, 1.54) is 5.56 Å². The van der Waals surface area contributed by atoms with Crippen molar-refractivity contribution >= 4 is 17.4 Å². The van der Waals surface area contributed by atoms with Gasteiger partial charge < -0.3 is 4.40 Å². The van der Waals surface area contributed by atoms with Gasteiger partial charge in [0.2, 0.25) is 5.91 Å². The van der Waals surface area contributed by atoms with Crippen LogP contribution in [0, 0.1) is 0 Å². The Hall–Kier alpha value is -4.39. The molecule has 1 aliphatic heterocycles. The van der Waals surface area contributed by atoms with Gasteiger partial charge in [0.05, 0.1) is 13.0 Å². The second kappa shape index (κ2) is 8.43. The SMILES string of the molecule is CC(C)c1ccccc1-c1ncc2c(n1)N(Cc1ccc(-c3nccn4ccnc34)cc1)C(=O)C2. The quantitative estimate of drug-likeness (QED) is 0.366. The molecule has 0 aliphatic carbocycles. The Morgan fingerprint density at radius 1 is 0.943 bits per heavy atom. The maximum absolute atomic E-state index is 12.9. The van der Waals surface area contributed by atoms with E-state index < -0.39 is 0 Å². The minimum absolute atomic E-state index is 0.0384. The van der Waals surface area contributed by atoms with Crippen molar-refractivity contribution in [2.75, 3.05) is 4.90 Å². The molecule has 0 fully saturated rings. The highest BCUT2D eigenvalue weighted by atomic mass is 16.2. The molecule has 7 heteroatoms. The van der Waals surface area contributed by atoms with Gasteiger partial charge in [-0.2, -0.15) is 0 Å². The van der Waals surface area contributed by atoms with Crippen LogP contribution in [0.3, 0.4) is 0 Å². The van der Waals surface area contributed by atoms with Crippen molar-refractivity contribution in [1.82, 2.24) is 24.3 Å². The molecule has 2 aromatic carbocycles. The third-order valence-corrected chi connectivity index (χ3v) is 6.44. The maximum atomic E-state index is 12.9. The van der Waals surface area contributed by atoms with Crippen molar-refractivity contribution in [1.29, 1.82) is 0 Å². The first-order chi connectivity index (χ1) is 17.1. The van der Waals surface area contributed by atoms with E-state index in [9.17, 15) is 4.79 Å². The zero-order chi connectivity index (χ0) is 23.9. The predicted octanol–water partition coefficient (Wildman–Crippen LogP) is 5.07. The van der Waals surface area contributed by atoms with E-state index in [0.29, 0.717) is 30.5 Å². The van der Waals surface area contributed by atoms with Crippen LogP contribution < -0.4 is 4.90 Å². The summed E-state index contributed by atoms with van der Waals surface area (Å²) in [4.78, 5) is 33.1. The van der Waals surface area contributed by atoms with Gasteiger partial charge in [0.15, 0.2) is 11.5 Å². The molecule has 172 valence electrons. The van der Waals surface area contributed by atoms with E-state index >= 15 is 0 Å². The van der Waals surface area contributed by atoms with Crippen LogP contribution in [0.25, 0.3) is 28.3 Å². The standard InChI is InChI=1S/C28H24N6O/c1-18(2)22-5-3-4-6-23(22)26-31-16-21-15-24(35)34(27(21)32-26)17-19-7-9-20(10-8-19)25-28-30-12-14-33(28)13-11-29-25/h3-14,16,18H,15,17H2,1-2H3. The molecule has 1 amide bonds. The lowest BCUT2D eigenvalue weighted by Gasteiger charge is -2.18. The van der Waals surface area contributed by atoms with Gasteiger partial charge in [-0.25, -0.2) is 15.0 Å². The fourth-order valence-corrected chi connectivity index (χ4v) is 4.64. The second-order valence-corrected chi connectivity index (χ2v) is 9.07. The van der Waals surface area contributed by atoms with Gasteiger partial charge in [-0.1, -0.05) is 62.4 Å². The molecule has 0 spiro atoms. The minimum Gasteiger partial charge on any atom is -0.304 e. The summed E-state index contributed by atoms with van der Waals surface area (Å²) in [5.41, 5.74) is 6.71. The molecule has 35 heavy (non-hydrogen) atoms. The number of aromatic nitrogens is 5. The van der Waals surface area contributed by atoms with Gasteiger partial charge in [-0.15, -0.1) is 0 Å². The molecule has 5 aromatic rings. The van der Waals surface area contributed by atoms with Crippen LogP contribution in [-0.2, 0) is 17.8 Å². The van der Waals surface area contributed by atoms with Crippen molar-refractivity contribution in [3.8, 4) is 22.6 Å². The summed E-state index contributed by atoms with van der Waals surface area (Å²) in [6, 6.07) is 16.3. The molecule has 0 radical (unpaired) electrons. The van der Waals surface area contributed by atoms with Crippen molar-refractivity contribution in [2.45, 2.75) is 32.7 Å². The molecule has 3 aromatic heterocycles. The highest BCUT2D eigenvalue weighted by Gasteiger charge is 2.30. The molecular formula is C28H24N6O. The van der Waals surface area contributed by atoms with Crippen molar-refractivity contribution < 1.29 is 4.79 Å². The number of rotatable bonds is 5. The summed E-state index contributed by atoms with van der Waals surface area (Å²) >= 11 is 0. The lowest BCUT2D eigenvalue weighted by atomic mass is 9.97. The normalized spacial score (nSPS) is 13.1. The van der Waals surface area contributed by atoms with Crippen LogP contribution in [0.15, 0.2) is 79.5 Å². The average molecular weight is 461 g/mol. The number of fused-ring (bicyclic) bond motifs is 2. The van der Waals surface area contributed by atoms with Crippen molar-refractivity contribution in [2.24, 2.45) is 0 Å². The molecule has 0 saturated heterocycles. The first-order valence-corrected chi connectivity index (χ1v) is 11.7. The minimum atomic E-state index is 0.0384. The Kier molecular flexibility index (Phi) is 5.10. The summed E-state index contributed by atoms with van der Waals surface area (Å²) < 4.78 is 1.95. The van der Waals surface area contributed by atoms with E-state index in [2.05, 4.69) is 34.9 Å². The highest BCUT2D eigenvalue weighted by Crippen LogP contribution is 2.33. The molecule has 0 N–H and O–H groups in total. The summed E-state index contributed by atoms with van der Waals surface area (Å²) in [6.45, 7) is 4.78. The Morgan fingerprint density at radius 3 is 2.51 bits per heavy atom. The third-order valence-electron chi connectivity index (χ3n) is 6.44. The number of benzene rings is 2. The summed E-state index contributed by atoms with van der Waals surface area (Å²) in [5.74, 6) is 1.74. The highest BCUT2D eigenvalue weighted by molar-refractivity contribution is 6.00. The number of carbonyl (C=O) groups is 1. The molecule has 7 nitrogen and oxygen atoms in total. The van der Waals surface area contributed by atoms with E-state index in [1.807, 2.05) is 59.3 Å². The van der Waals surface area contributed by atoms with Gasteiger partial charge >= 0.3 is 0 Å². The molecule has 6 rings (SSSR count). The predicted molar refractivity (Wildman–Crippen MR) is 135 cm³/mol. The summed E-state index contributed by atoms with van der Waals surface area (Å²) in [6.07, 6.45) is 9.44. The van der Waals surface area contributed by atoms with Crippen LogP contribution >= 0.6 is 0 Å². The zero-order valence-electron chi connectivity index (χ0n) is 19.6. The Bertz CT molecular complexity index is 1550. The largest absolute Gasteiger partial charge is 0.304 e. The van der Waals surface area contributed by atoms with Crippen LogP contribution in [0.4, 0.5) is 5.82 Å². The number of amides is 1. The first kappa shape index (κ1) is 21.2. The second-order valence-electron chi connectivity index (χ2n) is 9.07. The van der Waals surface area contributed by atoms with Crippen LogP contribution in [-0.4, -0.2) is 30.2 Å². The van der Waals surface area contributed by atoms with Crippen molar-refractivity contribution in [3.05, 3.63) is 96.2 Å². The van der Waals surface area contributed by atoms with E-state index in [0.717, 1.165) is 33.6 Å². The fourth-order valence-electron chi connectivity index (χ4n) is 4.64. The fraction of sp³-hybridized carbons (Fsp3) is 0.179. The van der Waals surface area contributed by atoms with E-state index in [1.54, 1.807) is 23.5 Å². The van der Waals surface area contributed by atoms with Crippen molar-refractivity contribution in [3.63, 3.8) is 0 Å². The Balaban J connectivity index is 1.30. The van der Waals surface area contributed by atoms with E-state index in [-0.39, 0.29) is 5.91 Å². The monoisotopic (exact) mass is 460 g/mol. The van der Waals surface area contributed by atoms with Crippen LogP contribution in [0.1, 0.15) is 36.5 Å². The number of nitrogens with zero attached hydrogens (tertiary/aromatic N) is 6. The summed E-state index contributed by atoms with van der Waals surface area (Å²) in [5, 5.41) is 0. The first-order valence-electron chi connectivity index (χ1n) is 11.7. The molecule has 0 bridgehead atoms. The molecule has 1 aliphatic rings.